The van der Waals surface area contributed by atoms with Crippen LogP contribution in [-0.4, -0.2) is 43.7 Å². The summed E-state index contributed by atoms with van der Waals surface area (Å²) in [6, 6.07) is 4.80. The van der Waals surface area contributed by atoms with Crippen LogP contribution in [0, 0.1) is 0 Å². The van der Waals surface area contributed by atoms with Gasteiger partial charge in [0.2, 0.25) is 0 Å². The van der Waals surface area contributed by atoms with Crippen molar-refractivity contribution in [1.82, 2.24) is 10.2 Å². The summed E-state index contributed by atoms with van der Waals surface area (Å²) < 4.78 is 8.04. The maximum Gasteiger partial charge on any atom is 0.295 e. The van der Waals surface area contributed by atoms with Crippen molar-refractivity contribution in [2.24, 2.45) is 9.98 Å². The minimum absolute atomic E-state index is 0.142. The lowest BCUT2D eigenvalue weighted by Gasteiger charge is -2.31. The van der Waals surface area contributed by atoms with Crippen molar-refractivity contribution in [2.45, 2.75) is 26.2 Å². The lowest BCUT2D eigenvalue weighted by atomic mass is 9.82. The number of hydrogen-bond donors (Lipinski definition) is 2. The van der Waals surface area contributed by atoms with Gasteiger partial charge in [-0.1, -0.05) is 19.9 Å². The smallest absolute Gasteiger partial charge is 0.295 e. The summed E-state index contributed by atoms with van der Waals surface area (Å²) in [5.41, 5.74) is 3.26. The fraction of sp³-hybridized carbons (Fsp3) is 0.429. The van der Waals surface area contributed by atoms with E-state index in [1.54, 1.807) is 22.7 Å². The monoisotopic (exact) mass is 427 g/mol. The van der Waals surface area contributed by atoms with Gasteiger partial charge in [0.25, 0.3) is 6.02 Å². The van der Waals surface area contributed by atoms with Crippen LogP contribution < -0.4 is 19.8 Å². The largest absolute Gasteiger partial charge is 0.465 e. The molecular formula is C21H25N5OS2. The summed E-state index contributed by atoms with van der Waals surface area (Å²) in [7, 11) is 0. The van der Waals surface area contributed by atoms with E-state index in [9.17, 15) is 0 Å². The number of aliphatic imine (C=N–C) groups is 1. The number of fused-ring (bicyclic) bond motifs is 3. The highest BCUT2D eigenvalue weighted by atomic mass is 32.1. The Labute approximate surface area is 178 Å². The molecule has 6 nitrogen and oxygen atoms in total. The van der Waals surface area contributed by atoms with Crippen LogP contribution >= 0.6 is 22.7 Å². The molecule has 5 rings (SSSR count). The molecule has 0 unspecified atom stereocenters. The summed E-state index contributed by atoms with van der Waals surface area (Å²) in [5.74, 6) is 1.01. The molecule has 0 spiro atoms. The van der Waals surface area contributed by atoms with Crippen LogP contribution in [-0.2, 0) is 10.2 Å². The molecule has 3 aliphatic heterocycles. The van der Waals surface area contributed by atoms with Crippen molar-refractivity contribution >= 4 is 45.9 Å². The number of thiophene rings is 2. The zero-order valence-electron chi connectivity index (χ0n) is 16.9. The molecule has 0 saturated carbocycles. The average molecular weight is 428 g/mol. The second-order valence-electron chi connectivity index (χ2n) is 7.86. The first-order chi connectivity index (χ1) is 14.1. The zero-order valence-corrected chi connectivity index (χ0v) is 18.5. The van der Waals surface area contributed by atoms with Crippen LogP contribution in [0.25, 0.3) is 11.5 Å². The van der Waals surface area contributed by atoms with E-state index < -0.39 is 0 Å². The average Bonchev–Trinajstić information content (AvgIpc) is 3.36. The highest BCUT2D eigenvalue weighted by molar-refractivity contribution is 7.11. The van der Waals surface area contributed by atoms with E-state index in [-0.39, 0.29) is 5.41 Å². The van der Waals surface area contributed by atoms with Crippen molar-refractivity contribution in [1.29, 1.82) is 0 Å². The molecule has 29 heavy (non-hydrogen) atoms. The minimum atomic E-state index is -0.142. The lowest BCUT2D eigenvalue weighted by Crippen LogP contribution is -2.44. The quantitative estimate of drug-likeness (QED) is 0.790. The van der Waals surface area contributed by atoms with Gasteiger partial charge < -0.3 is 20.3 Å². The summed E-state index contributed by atoms with van der Waals surface area (Å²) in [4.78, 5) is 13.5. The molecule has 0 bridgehead atoms. The number of rotatable bonds is 3. The molecule has 2 aromatic heterocycles. The van der Waals surface area contributed by atoms with Gasteiger partial charge in [0.1, 0.15) is 4.67 Å². The number of hydrogen-bond acceptors (Lipinski definition) is 8. The summed E-state index contributed by atoms with van der Waals surface area (Å²) in [6.45, 7) is 10.9. The Hall–Kier alpha value is -2.16. The molecule has 1 fully saturated rings. The maximum atomic E-state index is 5.81. The molecular weight excluding hydrogens is 402 g/mol. The Morgan fingerprint density at radius 2 is 2.07 bits per heavy atom. The first-order valence-electron chi connectivity index (χ1n) is 10.0. The van der Waals surface area contributed by atoms with E-state index in [2.05, 4.69) is 53.0 Å². The molecule has 2 N–H and O–H groups in total. The van der Waals surface area contributed by atoms with E-state index in [1.165, 1.54) is 10.4 Å². The molecule has 2 aromatic rings. The van der Waals surface area contributed by atoms with E-state index in [1.807, 2.05) is 6.92 Å². The fourth-order valence-electron chi connectivity index (χ4n) is 4.06. The SMILES string of the molecule is CCOC1=NC(N2CCNCC2)=c2sc3c(c2N1)C(C)(C)C=C(c1cccs1)N=3. The third kappa shape index (κ3) is 3.29. The fourth-order valence-corrected chi connectivity index (χ4v) is 6.07. The number of amidine groups is 1. The standard InChI is InChI=1S/C21H25N5OS2/c1-4-27-20-24-16-15-19(23-13(12-21(15,2)3)14-6-5-11-28-14)29-17(16)18(25-20)26-9-7-22-8-10-26/h5-6,11-12,22H,4,7-10H2,1-3H3,(H,24,25). The van der Waals surface area contributed by atoms with E-state index in [0.29, 0.717) is 12.6 Å². The zero-order chi connectivity index (χ0) is 20.0. The second kappa shape index (κ2) is 7.27. The molecule has 0 amide bonds. The Morgan fingerprint density at radius 3 is 2.79 bits per heavy atom. The van der Waals surface area contributed by atoms with E-state index >= 15 is 0 Å². The van der Waals surface area contributed by atoms with Crippen LogP contribution in [0.15, 0.2) is 33.6 Å². The molecule has 0 aliphatic carbocycles. The van der Waals surface area contributed by atoms with Crippen molar-refractivity contribution in [3.05, 3.63) is 43.2 Å². The van der Waals surface area contributed by atoms with Crippen LogP contribution in [0.1, 0.15) is 31.2 Å². The Bertz CT molecular complexity index is 1100. The Balaban J connectivity index is 1.71. The van der Waals surface area contributed by atoms with Gasteiger partial charge in [-0.3, -0.25) is 0 Å². The minimum Gasteiger partial charge on any atom is -0.465 e. The van der Waals surface area contributed by atoms with Gasteiger partial charge in [0, 0.05) is 37.2 Å². The normalized spacial score (nSPS) is 20.1. The summed E-state index contributed by atoms with van der Waals surface area (Å²) in [5, 5.41) is 9.00. The van der Waals surface area contributed by atoms with Crippen LogP contribution in [0.2, 0.25) is 0 Å². The van der Waals surface area contributed by atoms with E-state index in [0.717, 1.165) is 52.6 Å². The van der Waals surface area contributed by atoms with Gasteiger partial charge >= 0.3 is 0 Å². The second-order valence-corrected chi connectivity index (χ2v) is 9.81. The van der Waals surface area contributed by atoms with Crippen LogP contribution in [0.4, 0.5) is 5.69 Å². The summed E-state index contributed by atoms with van der Waals surface area (Å²) >= 11 is 3.47. The molecule has 5 heterocycles. The Kier molecular flexibility index (Phi) is 4.72. The van der Waals surface area contributed by atoms with Crippen molar-refractivity contribution in [3.63, 3.8) is 0 Å². The van der Waals surface area contributed by atoms with Gasteiger partial charge in [0.15, 0.2) is 5.82 Å². The van der Waals surface area contributed by atoms with Gasteiger partial charge in [0.05, 0.1) is 27.4 Å². The molecule has 0 aromatic carbocycles. The Morgan fingerprint density at radius 1 is 1.24 bits per heavy atom. The van der Waals surface area contributed by atoms with Crippen LogP contribution in [0.3, 0.4) is 0 Å². The summed E-state index contributed by atoms with van der Waals surface area (Å²) in [6.07, 6.45) is 2.28. The third-order valence-electron chi connectivity index (χ3n) is 5.37. The van der Waals surface area contributed by atoms with E-state index in [4.69, 9.17) is 14.7 Å². The number of nitrogens with one attached hydrogen (secondary N) is 2. The van der Waals surface area contributed by atoms with Crippen molar-refractivity contribution < 1.29 is 4.74 Å². The molecule has 0 radical (unpaired) electrons. The maximum absolute atomic E-state index is 5.81. The molecule has 1 saturated heterocycles. The highest BCUT2D eigenvalue weighted by Gasteiger charge is 2.34. The molecule has 8 heteroatoms. The van der Waals surface area contributed by atoms with Gasteiger partial charge in [-0.2, -0.15) is 4.99 Å². The van der Waals surface area contributed by atoms with Crippen molar-refractivity contribution in [3.8, 4) is 0 Å². The number of ether oxygens (including phenoxy) is 1. The topological polar surface area (TPSA) is 61.2 Å². The highest BCUT2D eigenvalue weighted by Crippen LogP contribution is 2.37. The number of piperazine rings is 1. The van der Waals surface area contributed by atoms with Gasteiger partial charge in [-0.05, 0) is 24.4 Å². The first-order valence-corrected chi connectivity index (χ1v) is 11.7. The third-order valence-corrected chi connectivity index (χ3v) is 7.34. The number of allylic oxidation sites excluding steroid dienone is 1. The molecule has 0 atom stereocenters. The number of nitrogens with zero attached hydrogens (tertiary/aromatic N) is 3. The molecule has 3 aliphatic rings. The van der Waals surface area contributed by atoms with Gasteiger partial charge in [-0.15, -0.1) is 22.7 Å². The lowest BCUT2D eigenvalue weighted by molar-refractivity contribution is 0.315. The van der Waals surface area contributed by atoms with Crippen molar-refractivity contribution in [2.75, 3.05) is 38.1 Å². The number of anilines is 1. The predicted molar refractivity (Wildman–Crippen MR) is 121 cm³/mol. The molecule has 152 valence electrons. The van der Waals surface area contributed by atoms with Crippen LogP contribution in [0.5, 0.6) is 0 Å². The predicted octanol–water partition coefficient (Wildman–Crippen LogP) is 2.55. The first kappa shape index (κ1) is 18.8. The van der Waals surface area contributed by atoms with Gasteiger partial charge in [-0.25, -0.2) is 4.99 Å².